The third kappa shape index (κ3) is 1.89. The molecule has 0 bridgehead atoms. The average Bonchev–Trinajstić information content (AvgIpc) is 2.30. The highest BCUT2D eigenvalue weighted by molar-refractivity contribution is 5.11. The van der Waals surface area contributed by atoms with Gasteiger partial charge in [0.25, 0.3) is 0 Å². The Balaban J connectivity index is 2.13. The molecule has 1 saturated heterocycles. The van der Waals surface area contributed by atoms with Crippen molar-refractivity contribution in [1.82, 2.24) is 14.9 Å². The molecule has 6 heteroatoms. The summed E-state index contributed by atoms with van der Waals surface area (Å²) < 4.78 is 37.5. The summed E-state index contributed by atoms with van der Waals surface area (Å²) in [4.78, 5) is 3.74. The Morgan fingerprint density at radius 1 is 1.50 bits per heavy atom. The quantitative estimate of drug-likeness (QED) is 0.784. The fourth-order valence-electron chi connectivity index (χ4n) is 1.49. The van der Waals surface area contributed by atoms with Gasteiger partial charge in [0.15, 0.2) is 0 Å². The topological polar surface area (TPSA) is 29.9 Å². The van der Waals surface area contributed by atoms with Gasteiger partial charge in [0.05, 0.1) is 6.33 Å². The fourth-order valence-corrected chi connectivity index (χ4v) is 1.49. The predicted molar refractivity (Wildman–Crippen MR) is 43.9 cm³/mol. The first-order chi connectivity index (χ1) is 6.56. The first kappa shape index (κ1) is 9.51. The highest BCUT2D eigenvalue weighted by Gasteiger charge is 2.31. The molecule has 2 rings (SSSR count). The zero-order valence-corrected chi connectivity index (χ0v) is 7.38. The number of nitrogens with zero attached hydrogens (tertiary/aromatic N) is 2. The molecule has 3 nitrogen and oxygen atoms in total. The molecule has 0 aliphatic carbocycles. The Hall–Kier alpha value is -1.04. The molecule has 0 radical (unpaired) electrons. The van der Waals surface area contributed by atoms with Crippen LogP contribution in [0.4, 0.5) is 13.2 Å². The zero-order valence-electron chi connectivity index (χ0n) is 7.38. The summed E-state index contributed by atoms with van der Waals surface area (Å²) in [6.45, 7) is 0.534. The van der Waals surface area contributed by atoms with Gasteiger partial charge in [-0.1, -0.05) is 0 Å². The van der Waals surface area contributed by atoms with Crippen LogP contribution in [0.2, 0.25) is 0 Å². The molecule has 1 fully saturated rings. The Labute approximate surface area is 78.9 Å². The maximum Gasteiger partial charge on any atom is 0.406 e. The molecule has 1 aromatic rings. The van der Waals surface area contributed by atoms with Crippen LogP contribution >= 0.6 is 0 Å². The molecule has 0 aromatic carbocycles. The van der Waals surface area contributed by atoms with E-state index in [9.17, 15) is 13.2 Å². The van der Waals surface area contributed by atoms with Crippen LogP contribution in [0, 0.1) is 0 Å². The second-order valence-electron chi connectivity index (χ2n) is 3.42. The largest absolute Gasteiger partial charge is 0.406 e. The Bertz CT molecular complexity index is 314. The van der Waals surface area contributed by atoms with Crippen molar-refractivity contribution in [2.24, 2.45) is 0 Å². The van der Waals surface area contributed by atoms with Crippen LogP contribution in [-0.2, 0) is 6.54 Å². The number of aromatic nitrogens is 2. The zero-order chi connectivity index (χ0) is 10.2. The number of halogens is 3. The highest BCUT2D eigenvalue weighted by Crippen LogP contribution is 2.23. The van der Waals surface area contributed by atoms with Crippen molar-refractivity contribution in [1.29, 1.82) is 0 Å². The van der Waals surface area contributed by atoms with Crippen LogP contribution < -0.4 is 5.32 Å². The lowest BCUT2D eigenvalue weighted by molar-refractivity contribution is -0.141. The maximum atomic E-state index is 12.1. The Morgan fingerprint density at radius 3 is 2.71 bits per heavy atom. The van der Waals surface area contributed by atoms with E-state index in [0.29, 0.717) is 5.69 Å². The van der Waals surface area contributed by atoms with Crippen LogP contribution in [-0.4, -0.2) is 28.8 Å². The summed E-state index contributed by atoms with van der Waals surface area (Å²) in [7, 11) is 0. The Kier molecular flexibility index (Phi) is 2.22. The van der Waals surface area contributed by atoms with Gasteiger partial charge >= 0.3 is 6.18 Å². The predicted octanol–water partition coefficient (Wildman–Crippen LogP) is 1.13. The van der Waals surface area contributed by atoms with Gasteiger partial charge in [0.1, 0.15) is 6.54 Å². The molecule has 1 aliphatic rings. The van der Waals surface area contributed by atoms with E-state index in [-0.39, 0.29) is 5.92 Å². The van der Waals surface area contributed by atoms with E-state index >= 15 is 0 Å². The van der Waals surface area contributed by atoms with E-state index < -0.39 is 12.7 Å². The number of rotatable bonds is 2. The van der Waals surface area contributed by atoms with Gasteiger partial charge in [-0.3, -0.25) is 0 Å². The lowest BCUT2D eigenvalue weighted by atomic mass is 10.00. The van der Waals surface area contributed by atoms with Gasteiger partial charge in [0, 0.05) is 30.9 Å². The lowest BCUT2D eigenvalue weighted by Gasteiger charge is -2.28. The fraction of sp³-hybridized carbons (Fsp3) is 0.625. The van der Waals surface area contributed by atoms with Crippen LogP contribution in [0.1, 0.15) is 11.6 Å². The van der Waals surface area contributed by atoms with Crippen molar-refractivity contribution >= 4 is 0 Å². The summed E-state index contributed by atoms with van der Waals surface area (Å²) >= 11 is 0. The summed E-state index contributed by atoms with van der Waals surface area (Å²) in [5.41, 5.74) is 0.668. The van der Waals surface area contributed by atoms with Gasteiger partial charge < -0.3 is 9.88 Å². The molecule has 0 amide bonds. The van der Waals surface area contributed by atoms with Gasteiger partial charge in [-0.2, -0.15) is 13.2 Å². The summed E-state index contributed by atoms with van der Waals surface area (Å²) in [6, 6.07) is 0. The van der Waals surface area contributed by atoms with Gasteiger partial charge in [-0.25, -0.2) is 4.98 Å². The van der Waals surface area contributed by atoms with E-state index in [1.807, 2.05) is 0 Å². The first-order valence-corrected chi connectivity index (χ1v) is 4.34. The monoisotopic (exact) mass is 205 g/mol. The Morgan fingerprint density at radius 2 is 2.21 bits per heavy atom. The van der Waals surface area contributed by atoms with Crippen molar-refractivity contribution in [2.75, 3.05) is 13.1 Å². The SMILES string of the molecule is FC(F)(F)Cn1cncc1C1CNC1. The molecule has 78 valence electrons. The third-order valence-corrected chi connectivity index (χ3v) is 2.29. The number of alkyl halides is 3. The standard InChI is InChI=1S/C8H10F3N3/c9-8(10,11)4-14-5-13-3-7(14)6-1-12-2-6/h3,5-6,12H,1-2,4H2. The van der Waals surface area contributed by atoms with Gasteiger partial charge in [0.2, 0.25) is 0 Å². The minimum absolute atomic E-state index is 0.180. The molecule has 1 aliphatic heterocycles. The van der Waals surface area contributed by atoms with Crippen LogP contribution in [0.15, 0.2) is 12.5 Å². The lowest BCUT2D eigenvalue weighted by Crippen LogP contribution is -2.41. The molecule has 14 heavy (non-hydrogen) atoms. The number of nitrogens with one attached hydrogen (secondary N) is 1. The highest BCUT2D eigenvalue weighted by atomic mass is 19.4. The molecule has 1 aromatic heterocycles. The van der Waals surface area contributed by atoms with Crippen LogP contribution in [0.3, 0.4) is 0 Å². The smallest absolute Gasteiger partial charge is 0.325 e. The summed E-state index contributed by atoms with van der Waals surface area (Å²) in [5, 5.41) is 3.02. The first-order valence-electron chi connectivity index (χ1n) is 4.34. The molecule has 1 N–H and O–H groups in total. The van der Waals surface area contributed by atoms with Gasteiger partial charge in [-0.05, 0) is 0 Å². The minimum Gasteiger partial charge on any atom is -0.325 e. The van der Waals surface area contributed by atoms with E-state index in [2.05, 4.69) is 10.3 Å². The van der Waals surface area contributed by atoms with Crippen molar-refractivity contribution < 1.29 is 13.2 Å². The third-order valence-electron chi connectivity index (χ3n) is 2.29. The van der Waals surface area contributed by atoms with E-state index in [1.165, 1.54) is 17.1 Å². The maximum absolute atomic E-state index is 12.1. The minimum atomic E-state index is -4.17. The molecule has 2 heterocycles. The second-order valence-corrected chi connectivity index (χ2v) is 3.42. The number of imidazole rings is 1. The molecule has 0 saturated carbocycles. The van der Waals surface area contributed by atoms with E-state index in [4.69, 9.17) is 0 Å². The van der Waals surface area contributed by atoms with Crippen molar-refractivity contribution in [3.63, 3.8) is 0 Å². The normalized spacial score (nSPS) is 18.2. The average molecular weight is 205 g/mol. The van der Waals surface area contributed by atoms with Crippen molar-refractivity contribution in [3.05, 3.63) is 18.2 Å². The van der Waals surface area contributed by atoms with Crippen LogP contribution in [0.25, 0.3) is 0 Å². The number of hydrogen-bond donors (Lipinski definition) is 1. The molecule has 0 spiro atoms. The summed E-state index contributed by atoms with van der Waals surface area (Å²) in [5.74, 6) is 0.180. The van der Waals surface area contributed by atoms with Crippen LogP contribution in [0.5, 0.6) is 0 Å². The summed E-state index contributed by atoms with van der Waals surface area (Å²) in [6.07, 6.45) is -1.43. The molecule has 0 unspecified atom stereocenters. The molecule has 0 atom stereocenters. The van der Waals surface area contributed by atoms with Gasteiger partial charge in [-0.15, -0.1) is 0 Å². The molecular weight excluding hydrogens is 195 g/mol. The van der Waals surface area contributed by atoms with Crippen molar-refractivity contribution in [3.8, 4) is 0 Å². The van der Waals surface area contributed by atoms with Crippen molar-refractivity contribution in [2.45, 2.75) is 18.6 Å². The van der Waals surface area contributed by atoms with E-state index in [1.54, 1.807) is 0 Å². The second kappa shape index (κ2) is 3.27. The molecular formula is C8H10F3N3. The van der Waals surface area contributed by atoms with E-state index in [0.717, 1.165) is 13.1 Å². The number of hydrogen-bond acceptors (Lipinski definition) is 2.